The first-order valence-electron chi connectivity index (χ1n) is 7.50. The van der Waals surface area contributed by atoms with E-state index in [4.69, 9.17) is 0 Å². The van der Waals surface area contributed by atoms with Crippen LogP contribution in [0.5, 0.6) is 0 Å². The van der Waals surface area contributed by atoms with Crippen LogP contribution in [0.3, 0.4) is 0 Å². The third kappa shape index (κ3) is 3.92. The van der Waals surface area contributed by atoms with Crippen molar-refractivity contribution in [3.05, 3.63) is 42.2 Å². The van der Waals surface area contributed by atoms with Crippen LogP contribution in [-0.4, -0.2) is 37.9 Å². The van der Waals surface area contributed by atoms with Crippen LogP contribution >= 0.6 is 0 Å². The van der Waals surface area contributed by atoms with Crippen molar-refractivity contribution in [2.45, 2.75) is 32.8 Å². The average Bonchev–Trinajstić information content (AvgIpc) is 3.05. The Labute approximate surface area is 134 Å². The third-order valence-corrected chi connectivity index (χ3v) is 4.16. The second-order valence-electron chi connectivity index (χ2n) is 5.86. The number of benzene rings is 1. The van der Waals surface area contributed by atoms with Gasteiger partial charge in [0, 0.05) is 12.1 Å². The summed E-state index contributed by atoms with van der Waals surface area (Å²) in [5.41, 5.74) is -0.610. The molecule has 124 valence electrons. The molecule has 2 unspecified atom stereocenters. The smallest absolute Gasteiger partial charge is 0.251 e. The topological polar surface area (TPSA) is 80.0 Å². The van der Waals surface area contributed by atoms with Gasteiger partial charge in [-0.25, -0.2) is 14.1 Å². The summed E-state index contributed by atoms with van der Waals surface area (Å²) >= 11 is 0. The summed E-state index contributed by atoms with van der Waals surface area (Å²) in [6.07, 6.45) is 3.47. The summed E-state index contributed by atoms with van der Waals surface area (Å²) in [6, 6.07) is 4.11. The molecule has 6 nitrogen and oxygen atoms in total. The summed E-state index contributed by atoms with van der Waals surface area (Å²) < 4.78 is 15.4. The van der Waals surface area contributed by atoms with Gasteiger partial charge >= 0.3 is 0 Å². The number of carbonyl (C=O) groups is 1. The summed E-state index contributed by atoms with van der Waals surface area (Å²) in [7, 11) is 0. The summed E-state index contributed by atoms with van der Waals surface area (Å²) in [6.45, 7) is 5.67. The lowest BCUT2D eigenvalue weighted by molar-refractivity contribution is 0.00592. The molecule has 1 aromatic heterocycles. The number of halogens is 1. The van der Waals surface area contributed by atoms with Gasteiger partial charge in [0.25, 0.3) is 5.91 Å². The van der Waals surface area contributed by atoms with E-state index in [9.17, 15) is 14.3 Å². The van der Waals surface area contributed by atoms with Crippen LogP contribution in [0.4, 0.5) is 4.39 Å². The number of amides is 1. The molecule has 0 aliphatic heterocycles. The standard InChI is InChI=1S/C16H21FN4O2/c1-4-11(2)16(3,23)8-19-15(22)12-5-6-14(13(17)7-12)21-10-18-9-20-21/h5-7,9-11,23H,4,8H2,1-3H3,(H,19,22). The normalized spacial score (nSPS) is 15.0. The van der Waals surface area contributed by atoms with E-state index >= 15 is 0 Å². The number of hydrogen-bond donors (Lipinski definition) is 2. The van der Waals surface area contributed by atoms with Crippen LogP contribution in [0.15, 0.2) is 30.9 Å². The minimum Gasteiger partial charge on any atom is -0.388 e. The molecule has 1 amide bonds. The fourth-order valence-corrected chi connectivity index (χ4v) is 2.14. The van der Waals surface area contributed by atoms with E-state index in [1.165, 1.54) is 29.5 Å². The second-order valence-corrected chi connectivity index (χ2v) is 5.86. The van der Waals surface area contributed by atoms with Gasteiger partial charge in [-0.15, -0.1) is 0 Å². The van der Waals surface area contributed by atoms with Crippen LogP contribution in [0.1, 0.15) is 37.6 Å². The van der Waals surface area contributed by atoms with Crippen molar-refractivity contribution in [2.75, 3.05) is 6.54 Å². The number of nitrogens with zero attached hydrogens (tertiary/aromatic N) is 3. The highest BCUT2D eigenvalue weighted by atomic mass is 19.1. The molecule has 1 aromatic carbocycles. The number of nitrogens with one attached hydrogen (secondary N) is 1. The summed E-state index contributed by atoms with van der Waals surface area (Å²) in [5.74, 6) is -0.969. The van der Waals surface area contributed by atoms with E-state index < -0.39 is 17.3 Å². The molecule has 0 saturated carbocycles. The molecule has 2 rings (SSSR count). The summed E-state index contributed by atoms with van der Waals surface area (Å²) in [5, 5.41) is 16.8. The summed E-state index contributed by atoms with van der Waals surface area (Å²) in [4.78, 5) is 15.9. The van der Waals surface area contributed by atoms with Crippen molar-refractivity contribution >= 4 is 5.91 Å². The monoisotopic (exact) mass is 320 g/mol. The quantitative estimate of drug-likeness (QED) is 0.852. The van der Waals surface area contributed by atoms with Gasteiger partial charge in [-0.05, 0) is 31.0 Å². The number of aliphatic hydroxyl groups is 1. The number of rotatable bonds is 6. The van der Waals surface area contributed by atoms with Crippen LogP contribution in [0.2, 0.25) is 0 Å². The highest BCUT2D eigenvalue weighted by Crippen LogP contribution is 2.19. The zero-order valence-electron chi connectivity index (χ0n) is 13.5. The molecule has 1 heterocycles. The van der Waals surface area contributed by atoms with Crippen molar-refractivity contribution in [3.8, 4) is 5.69 Å². The Morgan fingerprint density at radius 1 is 1.52 bits per heavy atom. The first-order valence-corrected chi connectivity index (χ1v) is 7.50. The molecule has 0 saturated heterocycles. The van der Waals surface area contributed by atoms with Gasteiger partial charge in [0.05, 0.1) is 5.60 Å². The van der Waals surface area contributed by atoms with Gasteiger partial charge in [0.1, 0.15) is 24.2 Å². The van der Waals surface area contributed by atoms with E-state index in [0.717, 1.165) is 12.5 Å². The molecule has 7 heteroatoms. The predicted molar refractivity (Wildman–Crippen MR) is 83.7 cm³/mol. The Hall–Kier alpha value is -2.28. The lowest BCUT2D eigenvalue weighted by Crippen LogP contribution is -2.45. The van der Waals surface area contributed by atoms with Gasteiger partial charge in [-0.3, -0.25) is 4.79 Å². The number of hydrogen-bond acceptors (Lipinski definition) is 4. The number of carbonyl (C=O) groups excluding carboxylic acids is 1. The Bertz CT molecular complexity index is 671. The van der Waals surface area contributed by atoms with Crippen molar-refractivity contribution in [2.24, 2.45) is 5.92 Å². The Morgan fingerprint density at radius 2 is 2.26 bits per heavy atom. The SMILES string of the molecule is CCC(C)C(C)(O)CNC(=O)c1ccc(-n2cncn2)c(F)c1. The molecular formula is C16H21FN4O2. The molecule has 23 heavy (non-hydrogen) atoms. The van der Waals surface area contributed by atoms with Crippen molar-refractivity contribution in [1.29, 1.82) is 0 Å². The fraction of sp³-hybridized carbons (Fsp3) is 0.438. The van der Waals surface area contributed by atoms with Crippen molar-refractivity contribution in [3.63, 3.8) is 0 Å². The maximum Gasteiger partial charge on any atom is 0.251 e. The highest BCUT2D eigenvalue weighted by Gasteiger charge is 2.27. The molecule has 0 aliphatic rings. The Balaban J connectivity index is 2.07. The minimum atomic E-state index is -1.01. The maximum atomic E-state index is 14.1. The first-order chi connectivity index (χ1) is 10.8. The van der Waals surface area contributed by atoms with Gasteiger partial charge in [-0.1, -0.05) is 20.3 Å². The van der Waals surface area contributed by atoms with Crippen molar-refractivity contribution < 1.29 is 14.3 Å². The van der Waals surface area contributed by atoms with Crippen LogP contribution in [0.25, 0.3) is 5.69 Å². The van der Waals surface area contributed by atoms with Crippen LogP contribution < -0.4 is 5.32 Å². The molecular weight excluding hydrogens is 299 g/mol. The zero-order chi connectivity index (χ0) is 17.0. The van der Waals surface area contributed by atoms with E-state index in [-0.39, 0.29) is 23.7 Å². The van der Waals surface area contributed by atoms with Gasteiger partial charge < -0.3 is 10.4 Å². The molecule has 0 spiro atoms. The minimum absolute atomic E-state index is 0.0363. The number of aromatic nitrogens is 3. The second kappa shape index (κ2) is 6.87. The average molecular weight is 320 g/mol. The van der Waals surface area contributed by atoms with Crippen molar-refractivity contribution in [1.82, 2.24) is 20.1 Å². The molecule has 0 radical (unpaired) electrons. The fourth-order valence-electron chi connectivity index (χ4n) is 2.14. The Morgan fingerprint density at radius 3 is 2.83 bits per heavy atom. The molecule has 2 aromatic rings. The maximum absolute atomic E-state index is 14.1. The molecule has 0 fully saturated rings. The third-order valence-electron chi connectivity index (χ3n) is 4.16. The lowest BCUT2D eigenvalue weighted by Gasteiger charge is -2.29. The van der Waals surface area contributed by atoms with E-state index in [1.807, 2.05) is 13.8 Å². The molecule has 0 bridgehead atoms. The first kappa shape index (κ1) is 17.1. The molecule has 2 N–H and O–H groups in total. The van der Waals surface area contributed by atoms with E-state index in [1.54, 1.807) is 6.92 Å². The van der Waals surface area contributed by atoms with Crippen LogP contribution in [0, 0.1) is 11.7 Å². The molecule has 0 aliphatic carbocycles. The highest BCUT2D eigenvalue weighted by molar-refractivity contribution is 5.94. The zero-order valence-corrected chi connectivity index (χ0v) is 13.5. The lowest BCUT2D eigenvalue weighted by atomic mass is 9.88. The largest absolute Gasteiger partial charge is 0.388 e. The van der Waals surface area contributed by atoms with Gasteiger partial charge in [0.2, 0.25) is 0 Å². The van der Waals surface area contributed by atoms with E-state index in [0.29, 0.717) is 0 Å². The predicted octanol–water partition coefficient (Wildman–Crippen LogP) is 1.93. The van der Waals surface area contributed by atoms with E-state index in [2.05, 4.69) is 15.4 Å². The van der Waals surface area contributed by atoms with Gasteiger partial charge in [-0.2, -0.15) is 5.10 Å². The van der Waals surface area contributed by atoms with Gasteiger partial charge in [0.15, 0.2) is 0 Å². The Kier molecular flexibility index (Phi) is 5.10. The molecule has 2 atom stereocenters. The van der Waals surface area contributed by atoms with Crippen LogP contribution in [-0.2, 0) is 0 Å².